The molecule has 148 valence electrons. The first-order valence-electron chi connectivity index (χ1n) is 9.40. The van der Waals surface area contributed by atoms with Crippen LogP contribution in [0.3, 0.4) is 0 Å². The van der Waals surface area contributed by atoms with Crippen molar-refractivity contribution in [3.63, 3.8) is 0 Å². The van der Waals surface area contributed by atoms with Gasteiger partial charge in [0.2, 0.25) is 0 Å². The van der Waals surface area contributed by atoms with E-state index >= 15 is 0 Å². The van der Waals surface area contributed by atoms with E-state index in [1.54, 1.807) is 18.4 Å². The van der Waals surface area contributed by atoms with E-state index in [0.29, 0.717) is 5.56 Å². The van der Waals surface area contributed by atoms with E-state index < -0.39 is 5.66 Å². The molecule has 5 rings (SSSR count). The van der Waals surface area contributed by atoms with Crippen LogP contribution in [0.2, 0.25) is 4.34 Å². The lowest BCUT2D eigenvalue weighted by atomic mass is 9.91. The Morgan fingerprint density at radius 3 is 2.55 bits per heavy atom. The number of amides is 1. The summed E-state index contributed by atoms with van der Waals surface area (Å²) < 4.78 is 6.08. The number of ether oxygens (including phenoxy) is 1. The van der Waals surface area contributed by atoms with Crippen molar-refractivity contribution < 1.29 is 9.53 Å². The number of fused-ring (bicyclic) bond motifs is 1. The van der Waals surface area contributed by atoms with E-state index in [1.165, 1.54) is 4.88 Å². The quantitative estimate of drug-likeness (QED) is 0.658. The standard InChI is InChI=1S/C22H20ClN3O2S/c1-28-16-8-6-15(7-9-16)26-21(27)18-4-2-3-5-19(18)24-22(26)13-25(14-22)12-17-10-11-20(23)29-17/h2-11,24H,12-14H2,1H3. The van der Waals surface area contributed by atoms with E-state index in [1.807, 2.05) is 59.5 Å². The fourth-order valence-electron chi connectivity index (χ4n) is 4.18. The number of methoxy groups -OCH3 is 1. The molecular weight excluding hydrogens is 406 g/mol. The number of hydrogen-bond donors (Lipinski definition) is 1. The maximum absolute atomic E-state index is 13.5. The first-order valence-corrected chi connectivity index (χ1v) is 10.6. The Morgan fingerprint density at radius 2 is 1.86 bits per heavy atom. The predicted molar refractivity (Wildman–Crippen MR) is 117 cm³/mol. The zero-order valence-corrected chi connectivity index (χ0v) is 17.5. The Kier molecular flexibility index (Phi) is 4.50. The van der Waals surface area contributed by atoms with Gasteiger partial charge in [-0.1, -0.05) is 23.7 Å². The first kappa shape index (κ1) is 18.5. The number of carbonyl (C=O) groups is 1. The molecule has 0 unspecified atom stereocenters. The van der Waals surface area contributed by atoms with E-state index in [2.05, 4.69) is 16.3 Å². The molecule has 2 aliphatic heterocycles. The number of para-hydroxylation sites is 1. The number of hydrogen-bond acceptors (Lipinski definition) is 5. The highest BCUT2D eigenvalue weighted by Crippen LogP contribution is 2.41. The smallest absolute Gasteiger partial charge is 0.262 e. The molecular formula is C22H20ClN3O2S. The van der Waals surface area contributed by atoms with Gasteiger partial charge in [-0.05, 0) is 48.5 Å². The SMILES string of the molecule is COc1ccc(N2C(=O)c3ccccc3NC23CN(Cc2ccc(Cl)s2)C3)cc1. The van der Waals surface area contributed by atoms with Gasteiger partial charge >= 0.3 is 0 Å². The molecule has 1 saturated heterocycles. The number of likely N-dealkylation sites (tertiary alicyclic amines) is 1. The normalized spacial score (nSPS) is 17.6. The lowest BCUT2D eigenvalue weighted by molar-refractivity contribution is 0.0615. The maximum atomic E-state index is 13.5. The molecule has 2 aromatic carbocycles. The molecule has 1 fully saturated rings. The molecule has 1 aromatic heterocycles. The summed E-state index contributed by atoms with van der Waals surface area (Å²) in [5.41, 5.74) is 1.97. The van der Waals surface area contributed by atoms with Gasteiger partial charge in [0.05, 0.1) is 17.0 Å². The molecule has 3 aromatic rings. The molecule has 1 spiro atoms. The minimum absolute atomic E-state index is 0.0170. The van der Waals surface area contributed by atoms with Gasteiger partial charge in [0, 0.05) is 35.9 Å². The van der Waals surface area contributed by atoms with Crippen LogP contribution in [0.5, 0.6) is 5.75 Å². The second-order valence-corrected chi connectivity index (χ2v) is 9.19. The molecule has 2 aliphatic rings. The molecule has 0 radical (unpaired) electrons. The fraction of sp³-hybridized carbons (Fsp3) is 0.227. The van der Waals surface area contributed by atoms with Crippen molar-refractivity contribution in [3.05, 3.63) is 75.4 Å². The summed E-state index contributed by atoms with van der Waals surface area (Å²) >= 11 is 7.67. The Bertz CT molecular complexity index is 1060. The number of halogens is 1. The predicted octanol–water partition coefficient (Wildman–Crippen LogP) is 4.69. The molecule has 29 heavy (non-hydrogen) atoms. The van der Waals surface area contributed by atoms with Crippen molar-refractivity contribution in [1.29, 1.82) is 0 Å². The van der Waals surface area contributed by atoms with Gasteiger partial charge in [-0.2, -0.15) is 0 Å². The van der Waals surface area contributed by atoms with E-state index in [9.17, 15) is 4.79 Å². The Hall–Kier alpha value is -2.54. The highest BCUT2D eigenvalue weighted by Gasteiger charge is 2.53. The fourth-order valence-corrected chi connectivity index (χ4v) is 5.31. The molecule has 1 N–H and O–H groups in total. The van der Waals surface area contributed by atoms with Crippen molar-refractivity contribution >= 4 is 40.2 Å². The summed E-state index contributed by atoms with van der Waals surface area (Å²) in [6.45, 7) is 2.29. The molecule has 0 aliphatic carbocycles. The largest absolute Gasteiger partial charge is 0.497 e. The van der Waals surface area contributed by atoms with Crippen molar-refractivity contribution in [2.24, 2.45) is 0 Å². The molecule has 5 nitrogen and oxygen atoms in total. The maximum Gasteiger partial charge on any atom is 0.262 e. The van der Waals surface area contributed by atoms with Crippen LogP contribution in [0, 0.1) is 0 Å². The highest BCUT2D eigenvalue weighted by atomic mass is 35.5. The minimum atomic E-state index is -0.471. The van der Waals surface area contributed by atoms with Gasteiger partial charge in [0.1, 0.15) is 11.4 Å². The van der Waals surface area contributed by atoms with Crippen LogP contribution >= 0.6 is 22.9 Å². The van der Waals surface area contributed by atoms with Gasteiger partial charge in [0.15, 0.2) is 0 Å². The third kappa shape index (κ3) is 3.17. The van der Waals surface area contributed by atoms with Crippen molar-refractivity contribution in [2.75, 3.05) is 30.4 Å². The number of nitrogens with zero attached hydrogens (tertiary/aromatic N) is 2. The van der Waals surface area contributed by atoms with Gasteiger partial charge in [0.25, 0.3) is 5.91 Å². The molecule has 0 atom stereocenters. The molecule has 1 amide bonds. The minimum Gasteiger partial charge on any atom is -0.497 e. The van der Waals surface area contributed by atoms with Gasteiger partial charge < -0.3 is 10.1 Å². The van der Waals surface area contributed by atoms with Gasteiger partial charge in [-0.25, -0.2) is 0 Å². The Morgan fingerprint density at radius 1 is 1.10 bits per heavy atom. The van der Waals surface area contributed by atoms with Crippen molar-refractivity contribution in [2.45, 2.75) is 12.2 Å². The number of thiophene rings is 1. The van der Waals surface area contributed by atoms with E-state index in [-0.39, 0.29) is 5.91 Å². The number of nitrogens with one attached hydrogen (secondary N) is 1. The highest BCUT2D eigenvalue weighted by molar-refractivity contribution is 7.16. The van der Waals surface area contributed by atoms with Crippen LogP contribution in [-0.4, -0.2) is 36.7 Å². The van der Waals surface area contributed by atoms with Crippen LogP contribution in [0.4, 0.5) is 11.4 Å². The number of anilines is 2. The first-order chi connectivity index (χ1) is 14.1. The zero-order valence-electron chi connectivity index (χ0n) is 15.9. The average Bonchev–Trinajstić information content (AvgIpc) is 3.12. The van der Waals surface area contributed by atoms with E-state index in [0.717, 1.165) is 41.1 Å². The summed E-state index contributed by atoms with van der Waals surface area (Å²) in [5.74, 6) is 0.786. The summed E-state index contributed by atoms with van der Waals surface area (Å²) in [6.07, 6.45) is 0. The summed E-state index contributed by atoms with van der Waals surface area (Å²) in [7, 11) is 1.64. The average molecular weight is 426 g/mol. The molecule has 7 heteroatoms. The van der Waals surface area contributed by atoms with Crippen LogP contribution in [0.15, 0.2) is 60.7 Å². The summed E-state index contributed by atoms with van der Waals surface area (Å²) in [4.78, 5) is 18.9. The van der Waals surface area contributed by atoms with Crippen LogP contribution in [0.25, 0.3) is 0 Å². The third-order valence-electron chi connectivity index (χ3n) is 5.47. The lowest BCUT2D eigenvalue weighted by Gasteiger charge is -2.58. The third-order valence-corrected chi connectivity index (χ3v) is 6.68. The molecule has 3 heterocycles. The monoisotopic (exact) mass is 425 g/mol. The van der Waals surface area contributed by atoms with Crippen LogP contribution < -0.4 is 15.0 Å². The second-order valence-electron chi connectivity index (χ2n) is 7.39. The molecule has 0 saturated carbocycles. The number of benzene rings is 2. The van der Waals surface area contributed by atoms with Gasteiger partial charge in [-0.15, -0.1) is 11.3 Å². The van der Waals surface area contributed by atoms with Crippen molar-refractivity contribution in [1.82, 2.24) is 4.90 Å². The molecule has 0 bridgehead atoms. The lowest BCUT2D eigenvalue weighted by Crippen LogP contribution is -2.76. The number of rotatable bonds is 4. The van der Waals surface area contributed by atoms with Crippen LogP contribution in [-0.2, 0) is 6.54 Å². The van der Waals surface area contributed by atoms with Crippen molar-refractivity contribution in [3.8, 4) is 5.75 Å². The second kappa shape index (κ2) is 7.06. The topological polar surface area (TPSA) is 44.8 Å². The van der Waals surface area contributed by atoms with E-state index in [4.69, 9.17) is 16.3 Å². The van der Waals surface area contributed by atoms with Gasteiger partial charge in [-0.3, -0.25) is 14.6 Å². The summed E-state index contributed by atoms with van der Waals surface area (Å²) in [6, 6.07) is 19.4. The zero-order chi connectivity index (χ0) is 20.0. The number of carbonyl (C=O) groups excluding carboxylic acids is 1. The van der Waals surface area contributed by atoms with Crippen LogP contribution in [0.1, 0.15) is 15.2 Å². The summed E-state index contributed by atoms with van der Waals surface area (Å²) in [5, 5.41) is 3.65. The Balaban J connectivity index is 1.47. The Labute approximate surface area is 178 Å².